The number of benzene rings is 10. The van der Waals surface area contributed by atoms with Gasteiger partial charge in [-0.25, -0.2) is 4.98 Å². The SMILES string of the molecule is c1ccc(-c2ccc(-c3nc(-c4ccc(-c5ccccc5)cc4)nc(-n4c5c(-c6ccc7sc8ccccc8c7c6)cccc5c5c6ccccc6c6ccccc6c54)n3)cc2)cc1. The van der Waals surface area contributed by atoms with E-state index in [2.05, 4.69) is 211 Å². The summed E-state index contributed by atoms with van der Waals surface area (Å²) in [6.45, 7) is 0. The van der Waals surface area contributed by atoms with Gasteiger partial charge in [-0.1, -0.05) is 200 Å². The van der Waals surface area contributed by atoms with Crippen LogP contribution >= 0.6 is 11.3 Å². The van der Waals surface area contributed by atoms with Crippen LogP contribution in [0.15, 0.2) is 218 Å². The van der Waals surface area contributed by atoms with Gasteiger partial charge in [0, 0.05) is 53.0 Å². The number of para-hydroxylation sites is 1. The van der Waals surface area contributed by atoms with Crippen LogP contribution in [0.2, 0.25) is 0 Å². The number of rotatable bonds is 6. The second kappa shape index (κ2) is 14.7. The molecule has 0 atom stereocenters. The van der Waals surface area contributed by atoms with Gasteiger partial charge in [-0.2, -0.15) is 9.97 Å². The zero-order valence-corrected chi connectivity index (χ0v) is 35.3. The van der Waals surface area contributed by atoms with Crippen molar-refractivity contribution in [3.63, 3.8) is 0 Å². The van der Waals surface area contributed by atoms with E-state index in [1.54, 1.807) is 0 Å². The summed E-state index contributed by atoms with van der Waals surface area (Å²) in [5.74, 6) is 1.78. The van der Waals surface area contributed by atoms with Gasteiger partial charge in [0.2, 0.25) is 5.95 Å². The molecule has 0 spiro atoms. The first-order valence-electron chi connectivity index (χ1n) is 21.6. The topological polar surface area (TPSA) is 43.6 Å². The predicted molar refractivity (Wildman–Crippen MR) is 269 cm³/mol. The van der Waals surface area contributed by atoms with Gasteiger partial charge in [0.25, 0.3) is 0 Å². The minimum atomic E-state index is 0.564. The van der Waals surface area contributed by atoms with Crippen LogP contribution in [0.3, 0.4) is 0 Å². The summed E-state index contributed by atoms with van der Waals surface area (Å²) < 4.78 is 4.90. The van der Waals surface area contributed by atoms with Crippen LogP contribution in [0.25, 0.3) is 126 Å². The number of aromatic nitrogens is 4. The van der Waals surface area contributed by atoms with Crippen molar-refractivity contribution in [2.45, 2.75) is 0 Å². The highest BCUT2D eigenvalue weighted by atomic mass is 32.1. The van der Waals surface area contributed by atoms with Crippen LogP contribution in [0.5, 0.6) is 0 Å². The number of hydrogen-bond acceptors (Lipinski definition) is 4. The standard InChI is InChI=1S/C59H36N4S/c1-3-14-37(15-4-1)39-26-30-41(31-27-39)57-60-58(42-32-28-40(29-33-42)38-16-5-2-6-17-38)62-59(61-57)63-55-44(43-34-35-53-51(36-43)47-20-11-12-25-52(47)64-53)23-13-24-50(55)54-48-21-9-7-18-45(48)46-19-8-10-22-49(46)56(54)63/h1-36H. The Balaban J connectivity index is 1.13. The van der Waals surface area contributed by atoms with Gasteiger partial charge in [0.15, 0.2) is 11.6 Å². The third-order valence-electron chi connectivity index (χ3n) is 12.7. The fraction of sp³-hybridized carbons (Fsp3) is 0. The largest absolute Gasteiger partial charge is 0.277 e. The van der Waals surface area contributed by atoms with Crippen molar-refractivity contribution >= 4 is 74.9 Å². The molecule has 4 nitrogen and oxygen atoms in total. The lowest BCUT2D eigenvalue weighted by molar-refractivity contribution is 0.955. The monoisotopic (exact) mass is 832 g/mol. The van der Waals surface area contributed by atoms with Crippen LogP contribution in [-0.2, 0) is 0 Å². The van der Waals surface area contributed by atoms with E-state index < -0.39 is 0 Å². The lowest BCUT2D eigenvalue weighted by Crippen LogP contribution is -2.07. The minimum absolute atomic E-state index is 0.564. The molecule has 0 fully saturated rings. The summed E-state index contributed by atoms with van der Waals surface area (Å²) in [5, 5.41) is 9.59. The van der Waals surface area contributed by atoms with Crippen molar-refractivity contribution in [3.8, 4) is 62.1 Å². The molecule has 298 valence electrons. The van der Waals surface area contributed by atoms with E-state index >= 15 is 0 Å². The summed E-state index contributed by atoms with van der Waals surface area (Å²) in [6, 6.07) is 78.0. The molecule has 0 radical (unpaired) electrons. The van der Waals surface area contributed by atoms with Gasteiger partial charge in [0.1, 0.15) is 0 Å². The Morgan fingerprint density at radius 1 is 0.297 bits per heavy atom. The molecule has 0 saturated carbocycles. The molecule has 0 aliphatic rings. The summed E-state index contributed by atoms with van der Waals surface area (Å²) in [6.07, 6.45) is 0. The van der Waals surface area contributed by atoms with Crippen LogP contribution in [0.1, 0.15) is 0 Å². The van der Waals surface area contributed by atoms with Crippen molar-refractivity contribution in [2.24, 2.45) is 0 Å². The Labute approximate surface area is 373 Å². The highest BCUT2D eigenvalue weighted by Gasteiger charge is 2.24. The van der Waals surface area contributed by atoms with Crippen molar-refractivity contribution in [3.05, 3.63) is 218 Å². The van der Waals surface area contributed by atoms with Gasteiger partial charge in [-0.3, -0.25) is 4.57 Å². The molecular weight excluding hydrogens is 797 g/mol. The zero-order chi connectivity index (χ0) is 42.1. The van der Waals surface area contributed by atoms with Crippen LogP contribution in [-0.4, -0.2) is 19.5 Å². The molecule has 13 rings (SSSR count). The maximum Gasteiger partial charge on any atom is 0.238 e. The fourth-order valence-electron chi connectivity index (χ4n) is 9.66. The third-order valence-corrected chi connectivity index (χ3v) is 13.8. The van der Waals surface area contributed by atoms with E-state index in [9.17, 15) is 0 Å². The first-order valence-corrected chi connectivity index (χ1v) is 22.4. The Bertz CT molecular complexity index is 3830. The molecule has 10 aromatic carbocycles. The molecule has 3 heterocycles. The highest BCUT2D eigenvalue weighted by Crippen LogP contribution is 2.46. The van der Waals surface area contributed by atoms with Crippen molar-refractivity contribution in [1.29, 1.82) is 0 Å². The van der Waals surface area contributed by atoms with Crippen molar-refractivity contribution < 1.29 is 0 Å². The molecule has 0 bridgehead atoms. The average molecular weight is 833 g/mol. The third kappa shape index (κ3) is 5.86. The Morgan fingerprint density at radius 3 is 1.41 bits per heavy atom. The Morgan fingerprint density at radius 2 is 0.766 bits per heavy atom. The summed E-state index contributed by atoms with van der Waals surface area (Å²) in [4.78, 5) is 16.2. The van der Waals surface area contributed by atoms with Crippen molar-refractivity contribution in [1.82, 2.24) is 19.5 Å². The molecule has 0 unspecified atom stereocenters. The van der Waals surface area contributed by atoms with Crippen LogP contribution in [0, 0.1) is 0 Å². The smallest absolute Gasteiger partial charge is 0.238 e. The molecule has 0 N–H and O–H groups in total. The maximum atomic E-state index is 5.49. The van der Waals surface area contributed by atoms with Gasteiger partial charge >= 0.3 is 0 Å². The lowest BCUT2D eigenvalue weighted by Gasteiger charge is -2.15. The van der Waals surface area contributed by atoms with Crippen LogP contribution in [0.4, 0.5) is 0 Å². The molecule has 0 saturated heterocycles. The second-order valence-electron chi connectivity index (χ2n) is 16.3. The van der Waals surface area contributed by atoms with E-state index in [4.69, 9.17) is 15.0 Å². The molecule has 3 aromatic heterocycles. The van der Waals surface area contributed by atoms with Gasteiger partial charge < -0.3 is 0 Å². The molecular formula is C59H36N4S. The van der Waals surface area contributed by atoms with Gasteiger partial charge in [-0.05, 0) is 62.2 Å². The summed E-state index contributed by atoms with van der Waals surface area (Å²) >= 11 is 1.84. The van der Waals surface area contributed by atoms with Gasteiger partial charge in [-0.15, -0.1) is 11.3 Å². The number of thiophene rings is 1. The molecule has 0 aliphatic carbocycles. The van der Waals surface area contributed by atoms with E-state index in [0.717, 1.165) is 66.3 Å². The molecule has 0 aliphatic heterocycles. The Hall–Kier alpha value is -8.25. The molecule has 5 heteroatoms. The lowest BCUT2D eigenvalue weighted by atomic mass is 9.95. The normalized spacial score (nSPS) is 11.8. The number of hydrogen-bond donors (Lipinski definition) is 0. The highest BCUT2D eigenvalue weighted by molar-refractivity contribution is 7.25. The maximum absolute atomic E-state index is 5.49. The van der Waals surface area contributed by atoms with E-state index in [0.29, 0.717) is 17.6 Å². The predicted octanol–water partition coefficient (Wildman–Crippen LogP) is 16.0. The van der Waals surface area contributed by atoms with E-state index in [1.807, 2.05) is 23.5 Å². The van der Waals surface area contributed by atoms with Crippen molar-refractivity contribution in [2.75, 3.05) is 0 Å². The van der Waals surface area contributed by atoms with E-state index in [-0.39, 0.29) is 0 Å². The molecule has 0 amide bonds. The zero-order valence-electron chi connectivity index (χ0n) is 34.5. The second-order valence-corrected chi connectivity index (χ2v) is 17.4. The van der Waals surface area contributed by atoms with E-state index in [1.165, 1.54) is 41.7 Å². The Kier molecular flexibility index (Phi) is 8.36. The first kappa shape index (κ1) is 36.4. The summed E-state index contributed by atoms with van der Waals surface area (Å²) in [5.41, 5.74) is 10.8. The number of nitrogens with zero attached hydrogens (tertiary/aromatic N) is 4. The molecule has 64 heavy (non-hydrogen) atoms. The van der Waals surface area contributed by atoms with Crippen LogP contribution < -0.4 is 0 Å². The first-order chi connectivity index (χ1) is 31.7. The minimum Gasteiger partial charge on any atom is -0.277 e. The van der Waals surface area contributed by atoms with Gasteiger partial charge in [0.05, 0.1) is 11.0 Å². The quantitative estimate of drug-likeness (QED) is 0.157. The molecule has 13 aromatic rings. The average Bonchev–Trinajstić information content (AvgIpc) is 3.93. The number of fused-ring (bicyclic) bond motifs is 11. The summed E-state index contributed by atoms with van der Waals surface area (Å²) in [7, 11) is 0. The fourth-order valence-corrected chi connectivity index (χ4v) is 10.7.